The molecule has 1 atom stereocenters. The summed E-state index contributed by atoms with van der Waals surface area (Å²) in [5.74, 6) is -1.13. The molecule has 1 aliphatic rings. The molecule has 1 aliphatic heterocycles. The van der Waals surface area contributed by atoms with Crippen LogP contribution in [-0.2, 0) is 25.3 Å². The summed E-state index contributed by atoms with van der Waals surface area (Å²) in [6, 6.07) is 15.4. The van der Waals surface area contributed by atoms with E-state index in [-0.39, 0.29) is 35.5 Å². The molecule has 4 rings (SSSR count). The first-order chi connectivity index (χ1) is 19.3. The van der Waals surface area contributed by atoms with Crippen molar-refractivity contribution in [3.8, 4) is 11.5 Å². The first kappa shape index (κ1) is 29.9. The summed E-state index contributed by atoms with van der Waals surface area (Å²) in [6.07, 6.45) is -4.73. The fraction of sp³-hybridized carbons (Fsp3) is 0.300. The number of esters is 1. The van der Waals surface area contributed by atoms with E-state index in [0.29, 0.717) is 17.5 Å². The van der Waals surface area contributed by atoms with E-state index in [0.717, 1.165) is 29.0 Å². The highest BCUT2D eigenvalue weighted by atomic mass is 35.5. The summed E-state index contributed by atoms with van der Waals surface area (Å²) in [7, 11) is 0. The van der Waals surface area contributed by atoms with Gasteiger partial charge >= 0.3 is 12.1 Å². The number of carbonyl (C=O) groups is 3. The lowest BCUT2D eigenvalue weighted by atomic mass is 10.0. The second kappa shape index (κ2) is 12.2. The highest BCUT2D eigenvalue weighted by Gasteiger charge is 2.36. The smallest absolute Gasteiger partial charge is 0.416 e. The van der Waals surface area contributed by atoms with Gasteiger partial charge in [-0.2, -0.15) is 13.2 Å². The Labute approximate surface area is 240 Å². The lowest BCUT2D eigenvalue weighted by Gasteiger charge is -2.18. The summed E-state index contributed by atoms with van der Waals surface area (Å²) in [6.45, 7) is 5.45. The molecule has 2 amide bonds. The van der Waals surface area contributed by atoms with Crippen molar-refractivity contribution in [2.75, 3.05) is 23.4 Å². The number of nitrogens with one attached hydrogen (secondary N) is 1. The van der Waals surface area contributed by atoms with Gasteiger partial charge in [-0.05, 0) is 72.5 Å². The molecule has 1 fully saturated rings. The number of aryl methyl sites for hydroxylation is 1. The van der Waals surface area contributed by atoms with E-state index in [2.05, 4.69) is 19.2 Å². The van der Waals surface area contributed by atoms with E-state index in [1.165, 1.54) is 4.90 Å². The second-order valence-corrected chi connectivity index (χ2v) is 10.5. The zero-order chi connectivity index (χ0) is 29.9. The van der Waals surface area contributed by atoms with Crippen molar-refractivity contribution in [3.63, 3.8) is 0 Å². The minimum atomic E-state index is -4.62. The Morgan fingerprint density at radius 1 is 1.07 bits per heavy atom. The molecule has 11 heteroatoms. The molecule has 1 N–H and O–H groups in total. The number of carbonyl (C=O) groups excluding carboxylic acids is 3. The highest BCUT2D eigenvalue weighted by molar-refractivity contribution is 6.33. The van der Waals surface area contributed by atoms with Gasteiger partial charge in [0.2, 0.25) is 5.91 Å². The van der Waals surface area contributed by atoms with Crippen LogP contribution in [0.1, 0.15) is 42.9 Å². The third-order valence-electron chi connectivity index (χ3n) is 6.54. The molecule has 216 valence electrons. The number of nitrogens with zero attached hydrogens (tertiary/aromatic N) is 1. The van der Waals surface area contributed by atoms with Gasteiger partial charge in [0, 0.05) is 18.7 Å². The van der Waals surface area contributed by atoms with E-state index in [4.69, 9.17) is 21.1 Å². The van der Waals surface area contributed by atoms with Gasteiger partial charge in [-0.15, -0.1) is 0 Å². The number of hydrogen-bond donors (Lipinski definition) is 1. The van der Waals surface area contributed by atoms with Crippen LogP contribution in [0.5, 0.6) is 11.5 Å². The molecule has 0 unspecified atom stereocenters. The number of benzene rings is 3. The van der Waals surface area contributed by atoms with Gasteiger partial charge in [-0.25, -0.2) is 0 Å². The maximum absolute atomic E-state index is 12.9. The van der Waals surface area contributed by atoms with Crippen LogP contribution < -0.4 is 15.0 Å². The lowest BCUT2D eigenvalue weighted by molar-refractivity contribution is -0.151. The van der Waals surface area contributed by atoms with Gasteiger partial charge in [-0.1, -0.05) is 37.6 Å². The molecule has 7 nitrogen and oxygen atoms in total. The topological polar surface area (TPSA) is 84.9 Å². The molecule has 0 bridgehead atoms. The van der Waals surface area contributed by atoms with Crippen molar-refractivity contribution in [1.29, 1.82) is 0 Å². The number of halogens is 4. The van der Waals surface area contributed by atoms with E-state index in [1.807, 2.05) is 25.1 Å². The van der Waals surface area contributed by atoms with Crippen LogP contribution in [0, 0.1) is 12.8 Å². The normalized spacial score (nSPS) is 15.3. The van der Waals surface area contributed by atoms with Gasteiger partial charge < -0.3 is 19.7 Å². The standard InChI is InChI=1S/C30H28ClF3N2O5/c1-17(2)23-10-4-18(3)12-26(23)41-22-8-6-21(7-9-22)36-15-19(13-28(36)38)29(39)40-16-27(37)35-25-14-20(30(32,33)34)5-11-24(25)31/h4-12,14,17,19H,13,15-16H2,1-3H3,(H,35,37)/t19-/m0/s1. The molecule has 1 heterocycles. The molecule has 3 aromatic carbocycles. The monoisotopic (exact) mass is 588 g/mol. The average Bonchev–Trinajstić information content (AvgIpc) is 3.30. The van der Waals surface area contributed by atoms with Crippen LogP contribution in [0.25, 0.3) is 0 Å². The SMILES string of the molecule is Cc1ccc(C(C)C)c(Oc2ccc(N3C[C@@H](C(=O)OCC(=O)Nc4cc(C(F)(F)F)ccc4Cl)CC3=O)cc2)c1. The molecule has 1 saturated heterocycles. The minimum Gasteiger partial charge on any atom is -0.457 e. The van der Waals surface area contributed by atoms with Gasteiger partial charge in [0.05, 0.1) is 22.2 Å². The van der Waals surface area contributed by atoms with Gasteiger partial charge in [0.25, 0.3) is 5.91 Å². The van der Waals surface area contributed by atoms with Crippen LogP contribution in [0.2, 0.25) is 5.02 Å². The Hall–Kier alpha value is -4.05. The maximum Gasteiger partial charge on any atom is 0.416 e. The molecule has 3 aromatic rings. The van der Waals surface area contributed by atoms with Gasteiger partial charge in [0.1, 0.15) is 11.5 Å². The number of amides is 2. The number of alkyl halides is 3. The first-order valence-electron chi connectivity index (χ1n) is 12.8. The lowest BCUT2D eigenvalue weighted by Crippen LogP contribution is -2.28. The number of hydrogen-bond acceptors (Lipinski definition) is 5. The number of ether oxygens (including phenoxy) is 2. The molecule has 0 radical (unpaired) electrons. The van der Waals surface area contributed by atoms with Crippen molar-refractivity contribution >= 4 is 40.8 Å². The molecular weight excluding hydrogens is 561 g/mol. The third kappa shape index (κ3) is 7.38. The van der Waals surface area contributed by atoms with Crippen LogP contribution in [-0.4, -0.2) is 30.9 Å². The van der Waals surface area contributed by atoms with E-state index >= 15 is 0 Å². The molecular formula is C30H28ClF3N2O5. The average molecular weight is 589 g/mol. The Morgan fingerprint density at radius 3 is 2.44 bits per heavy atom. The van der Waals surface area contributed by atoms with Crippen molar-refractivity contribution < 1.29 is 37.0 Å². The predicted octanol–water partition coefficient (Wildman–Crippen LogP) is 7.12. The summed E-state index contributed by atoms with van der Waals surface area (Å²) in [5.41, 5.74) is 1.46. The van der Waals surface area contributed by atoms with Crippen LogP contribution in [0.15, 0.2) is 60.7 Å². The predicted molar refractivity (Wildman–Crippen MR) is 148 cm³/mol. The van der Waals surface area contributed by atoms with Crippen molar-refractivity contribution in [2.24, 2.45) is 5.92 Å². The molecule has 41 heavy (non-hydrogen) atoms. The van der Waals surface area contributed by atoms with Crippen molar-refractivity contribution in [2.45, 2.75) is 39.3 Å². The quantitative estimate of drug-likeness (QED) is 0.283. The molecule has 0 saturated carbocycles. The van der Waals surface area contributed by atoms with Crippen LogP contribution >= 0.6 is 11.6 Å². The van der Waals surface area contributed by atoms with E-state index in [1.54, 1.807) is 24.3 Å². The Balaban J connectivity index is 1.33. The summed E-state index contributed by atoms with van der Waals surface area (Å²) in [4.78, 5) is 38.9. The second-order valence-electron chi connectivity index (χ2n) is 10.0. The Morgan fingerprint density at radius 2 is 1.78 bits per heavy atom. The van der Waals surface area contributed by atoms with Crippen molar-refractivity contribution in [3.05, 3.63) is 82.4 Å². The fourth-order valence-electron chi connectivity index (χ4n) is 4.38. The fourth-order valence-corrected chi connectivity index (χ4v) is 4.55. The molecule has 0 aromatic heterocycles. The molecule has 0 aliphatic carbocycles. The highest BCUT2D eigenvalue weighted by Crippen LogP contribution is 2.35. The largest absolute Gasteiger partial charge is 0.457 e. The Bertz CT molecular complexity index is 1460. The zero-order valence-electron chi connectivity index (χ0n) is 22.5. The third-order valence-corrected chi connectivity index (χ3v) is 6.87. The van der Waals surface area contributed by atoms with Crippen molar-refractivity contribution in [1.82, 2.24) is 0 Å². The van der Waals surface area contributed by atoms with Crippen LogP contribution in [0.4, 0.5) is 24.5 Å². The van der Waals surface area contributed by atoms with Gasteiger partial charge in [0.15, 0.2) is 6.61 Å². The summed E-state index contributed by atoms with van der Waals surface area (Å²) < 4.78 is 50.0. The number of rotatable bonds is 8. The Kier molecular flexibility index (Phi) is 8.92. The molecule has 0 spiro atoms. The van der Waals surface area contributed by atoms with Gasteiger partial charge in [-0.3, -0.25) is 14.4 Å². The summed E-state index contributed by atoms with van der Waals surface area (Å²) in [5, 5.41) is 2.10. The summed E-state index contributed by atoms with van der Waals surface area (Å²) >= 11 is 5.88. The number of anilines is 2. The van der Waals surface area contributed by atoms with E-state index in [9.17, 15) is 27.6 Å². The maximum atomic E-state index is 12.9. The van der Waals surface area contributed by atoms with E-state index < -0.39 is 36.1 Å². The first-order valence-corrected chi connectivity index (χ1v) is 13.2. The zero-order valence-corrected chi connectivity index (χ0v) is 23.3. The minimum absolute atomic E-state index is 0.0499. The van der Waals surface area contributed by atoms with Crippen LogP contribution in [0.3, 0.4) is 0 Å².